The van der Waals surface area contributed by atoms with Crippen LogP contribution in [0.25, 0.3) is 0 Å². The van der Waals surface area contributed by atoms with Crippen LogP contribution < -0.4 is 0 Å². The van der Waals surface area contributed by atoms with Gasteiger partial charge in [0.25, 0.3) is 0 Å². The predicted octanol–water partition coefficient (Wildman–Crippen LogP) is 2.80. The fourth-order valence-electron chi connectivity index (χ4n) is 0.925. The lowest BCUT2D eigenvalue weighted by Gasteiger charge is -2.06. The van der Waals surface area contributed by atoms with Gasteiger partial charge in [-0.15, -0.1) is 0 Å². The number of nitrogens with zero attached hydrogens (tertiary/aromatic N) is 1. The van der Waals surface area contributed by atoms with Gasteiger partial charge in [-0.05, 0) is 17.7 Å². The van der Waals surface area contributed by atoms with E-state index in [1.165, 1.54) is 12.1 Å². The Hall–Kier alpha value is -1.85. The van der Waals surface area contributed by atoms with E-state index in [1.807, 2.05) is 0 Å². The zero-order chi connectivity index (χ0) is 11.5. The van der Waals surface area contributed by atoms with Gasteiger partial charge in [0, 0.05) is 6.21 Å². The summed E-state index contributed by atoms with van der Waals surface area (Å²) < 4.78 is 36.6. The summed E-state index contributed by atoms with van der Waals surface area (Å²) in [6.45, 7) is 0. The van der Waals surface area contributed by atoms with Crippen molar-refractivity contribution < 1.29 is 23.1 Å². The van der Waals surface area contributed by atoms with E-state index >= 15 is 0 Å². The molecule has 1 rings (SSSR count). The predicted molar refractivity (Wildman–Crippen MR) is 47.1 cm³/mol. The van der Waals surface area contributed by atoms with Gasteiger partial charge in [-0.1, -0.05) is 12.1 Å². The Morgan fingerprint density at radius 2 is 2.07 bits per heavy atom. The van der Waals surface area contributed by atoms with E-state index in [0.717, 1.165) is 18.3 Å². The van der Waals surface area contributed by atoms with Crippen molar-refractivity contribution in [3.05, 3.63) is 35.4 Å². The number of aliphatic imine (C=N–C) groups is 1. The van der Waals surface area contributed by atoms with E-state index in [-0.39, 0.29) is 5.56 Å². The Morgan fingerprint density at radius 3 is 2.60 bits per heavy atom. The first kappa shape index (κ1) is 11.2. The first-order valence-corrected chi connectivity index (χ1v) is 3.84. The molecule has 0 radical (unpaired) electrons. The van der Waals surface area contributed by atoms with Gasteiger partial charge in [-0.3, -0.25) is 0 Å². The highest BCUT2D eigenvalue weighted by Crippen LogP contribution is 2.29. The molecule has 0 unspecified atom stereocenters. The Labute approximate surface area is 82.9 Å². The standard InChI is InChI=1S/C9H6F3NO2/c10-9(11,12)7-3-1-2-6(4-7)5-13-8(14)15/h1-5H,(H,14,15). The third-order valence-electron chi connectivity index (χ3n) is 1.54. The Bertz CT molecular complexity index is 399. The normalized spacial score (nSPS) is 11.9. The molecule has 0 fully saturated rings. The van der Waals surface area contributed by atoms with E-state index in [4.69, 9.17) is 5.11 Å². The molecule has 0 bridgehead atoms. The number of amides is 1. The molecule has 0 saturated heterocycles. The second-order valence-corrected chi connectivity index (χ2v) is 2.66. The van der Waals surface area contributed by atoms with E-state index in [2.05, 4.69) is 4.99 Å². The van der Waals surface area contributed by atoms with Crippen LogP contribution in [-0.2, 0) is 6.18 Å². The summed E-state index contributed by atoms with van der Waals surface area (Å²) >= 11 is 0. The van der Waals surface area contributed by atoms with Crippen LogP contribution in [0.3, 0.4) is 0 Å². The maximum absolute atomic E-state index is 12.2. The summed E-state index contributed by atoms with van der Waals surface area (Å²) in [5.74, 6) is 0. The third kappa shape index (κ3) is 3.41. The molecule has 1 amide bonds. The zero-order valence-corrected chi connectivity index (χ0v) is 7.32. The van der Waals surface area contributed by atoms with Crippen LogP contribution in [0, 0.1) is 0 Å². The van der Waals surface area contributed by atoms with Crippen LogP contribution in [-0.4, -0.2) is 17.4 Å². The summed E-state index contributed by atoms with van der Waals surface area (Å²) in [5, 5.41) is 8.18. The van der Waals surface area contributed by atoms with Crippen LogP contribution in [0.2, 0.25) is 0 Å². The smallest absolute Gasteiger partial charge is 0.431 e. The van der Waals surface area contributed by atoms with Crippen LogP contribution in [0.15, 0.2) is 29.3 Å². The summed E-state index contributed by atoms with van der Waals surface area (Å²) in [6, 6.07) is 4.25. The topological polar surface area (TPSA) is 49.7 Å². The molecular formula is C9H6F3NO2. The fraction of sp³-hybridized carbons (Fsp3) is 0.111. The minimum atomic E-state index is -4.44. The second-order valence-electron chi connectivity index (χ2n) is 2.66. The highest BCUT2D eigenvalue weighted by atomic mass is 19.4. The average molecular weight is 217 g/mol. The van der Waals surface area contributed by atoms with Gasteiger partial charge in [-0.25, -0.2) is 4.79 Å². The SMILES string of the molecule is O=C(O)N=Cc1cccc(C(F)(F)F)c1. The number of rotatable bonds is 1. The Balaban J connectivity index is 2.98. The number of hydrogen-bond acceptors (Lipinski definition) is 1. The van der Waals surface area contributed by atoms with Crippen molar-refractivity contribution in [3.8, 4) is 0 Å². The lowest BCUT2D eigenvalue weighted by molar-refractivity contribution is -0.137. The van der Waals surface area contributed by atoms with Crippen LogP contribution in [0.5, 0.6) is 0 Å². The van der Waals surface area contributed by atoms with E-state index in [0.29, 0.717) is 0 Å². The second kappa shape index (κ2) is 4.12. The van der Waals surface area contributed by atoms with Gasteiger partial charge >= 0.3 is 12.3 Å². The van der Waals surface area contributed by atoms with Crippen LogP contribution >= 0.6 is 0 Å². The minimum Gasteiger partial charge on any atom is -0.463 e. The molecule has 1 aromatic carbocycles. The van der Waals surface area contributed by atoms with Crippen LogP contribution in [0.1, 0.15) is 11.1 Å². The van der Waals surface area contributed by atoms with Crippen LogP contribution in [0.4, 0.5) is 18.0 Å². The molecule has 1 aromatic rings. The molecule has 1 N–H and O–H groups in total. The number of halogens is 3. The first-order valence-electron chi connectivity index (χ1n) is 3.84. The molecule has 0 saturated carbocycles. The maximum atomic E-state index is 12.2. The molecular weight excluding hydrogens is 211 g/mol. The molecule has 0 atom stereocenters. The average Bonchev–Trinajstić information content (AvgIpc) is 2.14. The van der Waals surface area contributed by atoms with Crippen molar-refractivity contribution in [3.63, 3.8) is 0 Å². The van der Waals surface area contributed by atoms with Gasteiger partial charge in [0.05, 0.1) is 5.56 Å². The number of alkyl halides is 3. The van der Waals surface area contributed by atoms with Crippen molar-refractivity contribution >= 4 is 12.3 Å². The molecule has 6 heteroatoms. The van der Waals surface area contributed by atoms with Gasteiger partial charge < -0.3 is 5.11 Å². The van der Waals surface area contributed by atoms with Crippen molar-refractivity contribution in [1.29, 1.82) is 0 Å². The summed E-state index contributed by atoms with van der Waals surface area (Å²) in [7, 11) is 0. The number of carbonyl (C=O) groups is 1. The van der Waals surface area contributed by atoms with E-state index < -0.39 is 17.8 Å². The quantitative estimate of drug-likeness (QED) is 0.735. The molecule has 0 aliphatic carbocycles. The summed E-state index contributed by atoms with van der Waals surface area (Å²) in [5.41, 5.74) is -0.746. The highest BCUT2D eigenvalue weighted by molar-refractivity contribution is 5.88. The summed E-state index contributed by atoms with van der Waals surface area (Å²) in [4.78, 5) is 13.0. The van der Waals surface area contributed by atoms with Crippen molar-refractivity contribution in [2.24, 2.45) is 4.99 Å². The third-order valence-corrected chi connectivity index (χ3v) is 1.54. The molecule has 3 nitrogen and oxygen atoms in total. The Morgan fingerprint density at radius 1 is 1.40 bits per heavy atom. The Kier molecular flexibility index (Phi) is 3.08. The summed E-state index contributed by atoms with van der Waals surface area (Å²) in [6.07, 6.45) is -5.03. The zero-order valence-electron chi connectivity index (χ0n) is 7.32. The molecule has 0 spiro atoms. The molecule has 0 heterocycles. The van der Waals surface area contributed by atoms with E-state index in [9.17, 15) is 18.0 Å². The van der Waals surface area contributed by atoms with Gasteiger partial charge in [0.2, 0.25) is 0 Å². The maximum Gasteiger partial charge on any atom is 0.431 e. The number of hydrogen-bond donors (Lipinski definition) is 1. The molecule has 80 valence electrons. The molecule has 0 aromatic heterocycles. The number of carboxylic acid groups (broad SMARTS) is 1. The lowest BCUT2D eigenvalue weighted by atomic mass is 10.1. The van der Waals surface area contributed by atoms with Crippen molar-refractivity contribution in [1.82, 2.24) is 0 Å². The monoisotopic (exact) mass is 217 g/mol. The first-order chi connectivity index (χ1) is 6.89. The van der Waals surface area contributed by atoms with Gasteiger partial charge in [0.1, 0.15) is 0 Å². The van der Waals surface area contributed by atoms with Crippen molar-refractivity contribution in [2.75, 3.05) is 0 Å². The highest BCUT2D eigenvalue weighted by Gasteiger charge is 2.30. The van der Waals surface area contributed by atoms with Gasteiger partial charge in [-0.2, -0.15) is 18.2 Å². The molecule has 0 aliphatic heterocycles. The van der Waals surface area contributed by atoms with Gasteiger partial charge in [0.15, 0.2) is 0 Å². The minimum absolute atomic E-state index is 0.0900. The van der Waals surface area contributed by atoms with Crippen molar-refractivity contribution in [2.45, 2.75) is 6.18 Å². The molecule has 15 heavy (non-hydrogen) atoms. The van der Waals surface area contributed by atoms with E-state index in [1.54, 1.807) is 0 Å². The largest absolute Gasteiger partial charge is 0.463 e. The lowest BCUT2D eigenvalue weighted by Crippen LogP contribution is -2.05. The number of benzene rings is 1. The molecule has 0 aliphatic rings. The fourth-order valence-corrected chi connectivity index (χ4v) is 0.925.